The predicted octanol–water partition coefficient (Wildman–Crippen LogP) is 2.69. The fraction of sp³-hybridized carbons (Fsp3) is 0.375. The van der Waals surface area contributed by atoms with Gasteiger partial charge in [-0.3, -0.25) is 0 Å². The Bertz CT molecular complexity index is 571. The van der Waals surface area contributed by atoms with Gasteiger partial charge < -0.3 is 9.84 Å². The summed E-state index contributed by atoms with van der Waals surface area (Å²) in [5, 5.41) is 18.2. The van der Waals surface area contributed by atoms with Crippen LogP contribution in [0.5, 0.6) is 5.88 Å². The van der Waals surface area contributed by atoms with E-state index < -0.39 is 6.10 Å². The van der Waals surface area contributed by atoms with E-state index in [0.717, 1.165) is 0 Å². The molecule has 0 radical (unpaired) electrons. The van der Waals surface area contributed by atoms with E-state index in [1.54, 1.807) is 19.2 Å². The Kier molecular flexibility index (Phi) is 4.35. The molecule has 0 saturated carbocycles. The second kappa shape index (κ2) is 6.01. The molecule has 0 saturated heterocycles. The standard InChI is InChI=1S/C16H20N2O2/c1-10-7-11(2)13(12(3)8-10)9-15(19)14-5-6-16(20-4)18-17-14/h5-8,15,19H,9H2,1-4H3. The molecule has 1 N–H and O–H groups in total. The quantitative estimate of drug-likeness (QED) is 0.929. The largest absolute Gasteiger partial charge is 0.480 e. The third-order valence-corrected chi connectivity index (χ3v) is 3.45. The van der Waals surface area contributed by atoms with Crippen molar-refractivity contribution in [2.45, 2.75) is 33.3 Å². The molecule has 0 aliphatic heterocycles. The second-order valence-electron chi connectivity index (χ2n) is 5.10. The summed E-state index contributed by atoms with van der Waals surface area (Å²) in [5.74, 6) is 0.448. The van der Waals surface area contributed by atoms with Gasteiger partial charge in [-0.25, -0.2) is 0 Å². The molecule has 1 aromatic carbocycles. The SMILES string of the molecule is COc1ccc(C(O)Cc2c(C)cc(C)cc2C)nn1. The molecule has 1 atom stereocenters. The number of aliphatic hydroxyl groups is 1. The molecule has 0 bridgehead atoms. The normalized spacial score (nSPS) is 12.2. The van der Waals surface area contributed by atoms with E-state index in [9.17, 15) is 5.11 Å². The summed E-state index contributed by atoms with van der Waals surface area (Å²) < 4.78 is 4.96. The maximum Gasteiger partial charge on any atom is 0.233 e. The highest BCUT2D eigenvalue weighted by Gasteiger charge is 2.14. The molecule has 106 valence electrons. The van der Waals surface area contributed by atoms with Crippen LogP contribution in [0.1, 0.15) is 34.1 Å². The van der Waals surface area contributed by atoms with E-state index in [2.05, 4.69) is 43.1 Å². The molecule has 1 heterocycles. The van der Waals surface area contributed by atoms with Gasteiger partial charge in [-0.2, -0.15) is 0 Å². The van der Waals surface area contributed by atoms with Crippen LogP contribution in [0, 0.1) is 20.8 Å². The van der Waals surface area contributed by atoms with Gasteiger partial charge >= 0.3 is 0 Å². The molecule has 1 aromatic heterocycles. The minimum Gasteiger partial charge on any atom is -0.480 e. The van der Waals surface area contributed by atoms with Gasteiger partial charge in [-0.1, -0.05) is 17.7 Å². The maximum atomic E-state index is 10.3. The van der Waals surface area contributed by atoms with E-state index in [4.69, 9.17) is 4.74 Å². The summed E-state index contributed by atoms with van der Waals surface area (Å²) in [6, 6.07) is 7.72. The second-order valence-corrected chi connectivity index (χ2v) is 5.10. The van der Waals surface area contributed by atoms with Crippen molar-refractivity contribution in [3.63, 3.8) is 0 Å². The third-order valence-electron chi connectivity index (χ3n) is 3.45. The summed E-state index contributed by atoms with van der Waals surface area (Å²) in [6.45, 7) is 6.22. The molecule has 2 aromatic rings. The van der Waals surface area contributed by atoms with Gasteiger partial charge in [-0.15, -0.1) is 10.2 Å². The monoisotopic (exact) mass is 272 g/mol. The van der Waals surface area contributed by atoms with Crippen LogP contribution >= 0.6 is 0 Å². The van der Waals surface area contributed by atoms with E-state index in [-0.39, 0.29) is 0 Å². The number of benzene rings is 1. The minimum absolute atomic E-state index is 0.448. The van der Waals surface area contributed by atoms with Crippen molar-refractivity contribution in [1.82, 2.24) is 10.2 Å². The van der Waals surface area contributed by atoms with Gasteiger partial charge in [0, 0.05) is 12.5 Å². The Morgan fingerprint density at radius 3 is 2.25 bits per heavy atom. The van der Waals surface area contributed by atoms with Gasteiger partial charge in [0.1, 0.15) is 6.10 Å². The first kappa shape index (κ1) is 14.5. The molecule has 0 fully saturated rings. The topological polar surface area (TPSA) is 55.2 Å². The van der Waals surface area contributed by atoms with Crippen molar-refractivity contribution in [3.8, 4) is 5.88 Å². The van der Waals surface area contributed by atoms with Crippen LogP contribution in [0.4, 0.5) is 0 Å². The summed E-state index contributed by atoms with van der Waals surface area (Å²) in [7, 11) is 1.54. The van der Waals surface area contributed by atoms with Gasteiger partial charge in [0.15, 0.2) is 0 Å². The Morgan fingerprint density at radius 1 is 1.10 bits per heavy atom. The molecule has 0 aliphatic carbocycles. The van der Waals surface area contributed by atoms with E-state index in [1.165, 1.54) is 22.3 Å². The van der Waals surface area contributed by atoms with Crippen molar-refractivity contribution in [2.24, 2.45) is 0 Å². The molecule has 0 spiro atoms. The van der Waals surface area contributed by atoms with Crippen molar-refractivity contribution < 1.29 is 9.84 Å². The fourth-order valence-corrected chi connectivity index (χ4v) is 2.45. The van der Waals surface area contributed by atoms with Crippen LogP contribution in [0.15, 0.2) is 24.3 Å². The summed E-state index contributed by atoms with van der Waals surface area (Å²) in [4.78, 5) is 0. The van der Waals surface area contributed by atoms with Crippen molar-refractivity contribution in [2.75, 3.05) is 7.11 Å². The smallest absolute Gasteiger partial charge is 0.233 e. The molecule has 20 heavy (non-hydrogen) atoms. The van der Waals surface area contributed by atoms with E-state index in [1.807, 2.05) is 0 Å². The fourth-order valence-electron chi connectivity index (χ4n) is 2.45. The molecule has 2 rings (SSSR count). The number of aromatic nitrogens is 2. The lowest BCUT2D eigenvalue weighted by atomic mass is 9.94. The zero-order chi connectivity index (χ0) is 14.7. The summed E-state index contributed by atoms with van der Waals surface area (Å²) in [6.07, 6.45) is -0.118. The van der Waals surface area contributed by atoms with E-state index in [0.29, 0.717) is 18.0 Å². The van der Waals surface area contributed by atoms with Crippen LogP contribution in [0.3, 0.4) is 0 Å². The molecule has 0 amide bonds. The summed E-state index contributed by atoms with van der Waals surface area (Å²) >= 11 is 0. The highest BCUT2D eigenvalue weighted by atomic mass is 16.5. The molecular weight excluding hydrogens is 252 g/mol. The highest BCUT2D eigenvalue weighted by Crippen LogP contribution is 2.23. The number of nitrogens with zero attached hydrogens (tertiary/aromatic N) is 2. The zero-order valence-electron chi connectivity index (χ0n) is 12.3. The number of aliphatic hydroxyl groups excluding tert-OH is 1. The average Bonchev–Trinajstić information content (AvgIpc) is 2.42. The summed E-state index contributed by atoms with van der Waals surface area (Å²) in [5.41, 5.74) is 5.36. The number of hydrogen-bond acceptors (Lipinski definition) is 4. The molecule has 4 nitrogen and oxygen atoms in total. The first-order valence-corrected chi connectivity index (χ1v) is 6.63. The lowest BCUT2D eigenvalue weighted by Crippen LogP contribution is -2.08. The first-order chi connectivity index (χ1) is 9.51. The van der Waals surface area contributed by atoms with Crippen LogP contribution in [-0.2, 0) is 6.42 Å². The van der Waals surface area contributed by atoms with Gasteiger partial charge in [0.05, 0.1) is 12.8 Å². The van der Waals surface area contributed by atoms with Crippen LogP contribution < -0.4 is 4.74 Å². The van der Waals surface area contributed by atoms with Crippen LogP contribution in [-0.4, -0.2) is 22.4 Å². The Balaban J connectivity index is 2.20. The third kappa shape index (κ3) is 3.14. The van der Waals surface area contributed by atoms with Crippen molar-refractivity contribution in [1.29, 1.82) is 0 Å². The van der Waals surface area contributed by atoms with E-state index >= 15 is 0 Å². The van der Waals surface area contributed by atoms with Crippen LogP contribution in [0.25, 0.3) is 0 Å². The first-order valence-electron chi connectivity index (χ1n) is 6.63. The molecular formula is C16H20N2O2. The number of rotatable bonds is 4. The molecule has 1 unspecified atom stereocenters. The van der Waals surface area contributed by atoms with Crippen molar-refractivity contribution >= 4 is 0 Å². The predicted molar refractivity (Wildman–Crippen MR) is 77.9 cm³/mol. The van der Waals surface area contributed by atoms with Crippen LogP contribution in [0.2, 0.25) is 0 Å². The highest BCUT2D eigenvalue weighted by molar-refractivity contribution is 5.38. The lowest BCUT2D eigenvalue weighted by Gasteiger charge is -2.15. The number of hydrogen-bond donors (Lipinski definition) is 1. The number of ether oxygens (including phenoxy) is 1. The Morgan fingerprint density at radius 2 is 1.75 bits per heavy atom. The van der Waals surface area contributed by atoms with Gasteiger partial charge in [0.25, 0.3) is 0 Å². The number of aryl methyl sites for hydroxylation is 3. The zero-order valence-corrected chi connectivity index (χ0v) is 12.3. The van der Waals surface area contributed by atoms with Gasteiger partial charge in [0.2, 0.25) is 5.88 Å². The average molecular weight is 272 g/mol. The molecule has 0 aliphatic rings. The van der Waals surface area contributed by atoms with Crippen molar-refractivity contribution in [3.05, 3.63) is 52.2 Å². The number of methoxy groups -OCH3 is 1. The Labute approximate surface area is 119 Å². The van der Waals surface area contributed by atoms with Gasteiger partial charge in [-0.05, 0) is 43.5 Å². The molecule has 4 heteroatoms. The Hall–Kier alpha value is -1.94. The lowest BCUT2D eigenvalue weighted by molar-refractivity contribution is 0.171. The maximum absolute atomic E-state index is 10.3. The minimum atomic E-state index is -0.659.